The van der Waals surface area contributed by atoms with Gasteiger partial charge in [0, 0.05) is 0 Å². The first-order valence-corrected chi connectivity index (χ1v) is 6.23. The van der Waals surface area contributed by atoms with E-state index in [9.17, 15) is 24.6 Å². The molecule has 20 heavy (non-hydrogen) atoms. The van der Waals surface area contributed by atoms with Gasteiger partial charge < -0.3 is 24.4 Å². The molecule has 0 aliphatic rings. The number of esters is 3. The normalized spacial score (nSPS) is 14.8. The third-order valence-electron chi connectivity index (χ3n) is 2.31. The van der Waals surface area contributed by atoms with Gasteiger partial charge in [0.25, 0.3) is 0 Å². The van der Waals surface area contributed by atoms with Crippen LogP contribution in [0, 0.1) is 0 Å². The number of carbonyl (C=O) groups is 3. The molecule has 0 aliphatic heterocycles. The number of aliphatic hydroxyl groups is 2. The first-order valence-electron chi connectivity index (χ1n) is 6.23. The van der Waals surface area contributed by atoms with Crippen LogP contribution in [0.25, 0.3) is 0 Å². The lowest BCUT2D eigenvalue weighted by molar-refractivity contribution is -0.194. The van der Waals surface area contributed by atoms with Crippen LogP contribution in [0.1, 0.15) is 27.2 Å². The van der Waals surface area contributed by atoms with E-state index < -0.39 is 36.0 Å². The van der Waals surface area contributed by atoms with Gasteiger partial charge in [-0.05, 0) is 20.8 Å². The summed E-state index contributed by atoms with van der Waals surface area (Å²) in [6, 6.07) is 0. The summed E-state index contributed by atoms with van der Waals surface area (Å²) >= 11 is 0. The summed E-state index contributed by atoms with van der Waals surface area (Å²) in [6.45, 7) is 4.35. The number of hydrogen-bond acceptors (Lipinski definition) is 8. The Balaban J connectivity index is 5.18. The van der Waals surface area contributed by atoms with Crippen molar-refractivity contribution in [1.29, 1.82) is 0 Å². The van der Waals surface area contributed by atoms with Crippen molar-refractivity contribution in [3.8, 4) is 0 Å². The molecule has 8 heteroatoms. The second-order valence-electron chi connectivity index (χ2n) is 3.78. The summed E-state index contributed by atoms with van der Waals surface area (Å²) in [5.41, 5.74) is -2.74. The minimum atomic E-state index is -2.74. The van der Waals surface area contributed by atoms with Gasteiger partial charge in [-0.25, -0.2) is 9.59 Å². The van der Waals surface area contributed by atoms with Crippen LogP contribution in [0.2, 0.25) is 0 Å². The maximum absolute atomic E-state index is 11.7. The fraction of sp³-hybridized carbons (Fsp3) is 0.750. The lowest BCUT2D eigenvalue weighted by Gasteiger charge is -2.28. The zero-order valence-corrected chi connectivity index (χ0v) is 11.7. The van der Waals surface area contributed by atoms with Crippen LogP contribution in [0.3, 0.4) is 0 Å². The van der Waals surface area contributed by atoms with E-state index in [4.69, 9.17) is 0 Å². The highest BCUT2D eigenvalue weighted by Gasteiger charge is 2.51. The first-order chi connectivity index (χ1) is 9.33. The molecule has 0 aromatic heterocycles. The molecule has 0 heterocycles. The fourth-order valence-electron chi connectivity index (χ4n) is 1.38. The Bertz CT molecular complexity index is 353. The van der Waals surface area contributed by atoms with E-state index in [1.807, 2.05) is 0 Å². The zero-order valence-electron chi connectivity index (χ0n) is 11.7. The van der Waals surface area contributed by atoms with Gasteiger partial charge in [0.2, 0.25) is 5.60 Å². The summed E-state index contributed by atoms with van der Waals surface area (Å²) in [7, 11) is 0. The van der Waals surface area contributed by atoms with Gasteiger partial charge in [-0.15, -0.1) is 0 Å². The molecule has 0 aromatic rings. The maximum Gasteiger partial charge on any atom is 0.342 e. The smallest absolute Gasteiger partial charge is 0.342 e. The van der Waals surface area contributed by atoms with Gasteiger partial charge in [0.15, 0.2) is 6.10 Å². The van der Waals surface area contributed by atoms with Crippen LogP contribution in [0.5, 0.6) is 0 Å². The van der Waals surface area contributed by atoms with Gasteiger partial charge >= 0.3 is 17.9 Å². The van der Waals surface area contributed by atoms with Gasteiger partial charge in [-0.2, -0.15) is 0 Å². The van der Waals surface area contributed by atoms with Crippen LogP contribution >= 0.6 is 0 Å². The van der Waals surface area contributed by atoms with Crippen molar-refractivity contribution in [3.63, 3.8) is 0 Å². The number of rotatable bonds is 8. The van der Waals surface area contributed by atoms with Gasteiger partial charge in [0.1, 0.15) is 0 Å². The molecule has 116 valence electrons. The predicted octanol–water partition coefficient (Wildman–Crippen LogP) is -0.842. The number of ether oxygens (including phenoxy) is 3. The van der Waals surface area contributed by atoms with Crippen LogP contribution in [-0.2, 0) is 28.6 Å². The Morgan fingerprint density at radius 2 is 1.50 bits per heavy atom. The van der Waals surface area contributed by atoms with Crippen molar-refractivity contribution in [1.82, 2.24) is 0 Å². The number of carbonyl (C=O) groups excluding carboxylic acids is 3. The van der Waals surface area contributed by atoms with E-state index in [1.54, 1.807) is 0 Å². The molecule has 0 bridgehead atoms. The molecule has 2 N–H and O–H groups in total. The quantitative estimate of drug-likeness (QED) is 0.439. The Kier molecular flexibility index (Phi) is 7.78. The Morgan fingerprint density at radius 3 is 1.95 bits per heavy atom. The van der Waals surface area contributed by atoms with E-state index in [2.05, 4.69) is 14.2 Å². The molecule has 0 unspecified atom stereocenters. The third-order valence-corrected chi connectivity index (χ3v) is 2.31. The zero-order chi connectivity index (χ0) is 15.8. The fourth-order valence-corrected chi connectivity index (χ4v) is 1.38. The summed E-state index contributed by atoms with van der Waals surface area (Å²) in [6.07, 6.45) is -3.16. The minimum absolute atomic E-state index is 0.0211. The monoisotopic (exact) mass is 292 g/mol. The lowest BCUT2D eigenvalue weighted by atomic mass is 9.92. The van der Waals surface area contributed by atoms with Crippen LogP contribution < -0.4 is 0 Å². The second-order valence-corrected chi connectivity index (χ2v) is 3.78. The highest BCUT2D eigenvalue weighted by atomic mass is 16.6. The molecular weight excluding hydrogens is 272 g/mol. The van der Waals surface area contributed by atoms with E-state index in [0.29, 0.717) is 0 Å². The first kappa shape index (κ1) is 18.3. The predicted molar refractivity (Wildman–Crippen MR) is 65.5 cm³/mol. The molecule has 8 nitrogen and oxygen atoms in total. The van der Waals surface area contributed by atoms with Crippen molar-refractivity contribution in [2.75, 3.05) is 19.8 Å². The molecule has 0 fully saturated rings. The summed E-state index contributed by atoms with van der Waals surface area (Å²) in [4.78, 5) is 34.6. The topological polar surface area (TPSA) is 119 Å². The van der Waals surface area contributed by atoms with Crippen LogP contribution in [0.15, 0.2) is 0 Å². The van der Waals surface area contributed by atoms with Gasteiger partial charge in [0.05, 0.1) is 26.2 Å². The summed E-state index contributed by atoms with van der Waals surface area (Å²) < 4.78 is 13.7. The SMILES string of the molecule is CCOC(=O)C[C@@](O)(C(=O)OCC)[C@H](O)C(=O)OCC. The van der Waals surface area contributed by atoms with E-state index in [0.717, 1.165) is 0 Å². The molecule has 0 saturated heterocycles. The van der Waals surface area contributed by atoms with E-state index in [-0.39, 0.29) is 19.8 Å². The van der Waals surface area contributed by atoms with Crippen molar-refractivity contribution in [2.24, 2.45) is 0 Å². The number of aliphatic hydroxyl groups excluding tert-OH is 1. The average Bonchev–Trinajstić information content (AvgIpc) is 2.38. The van der Waals surface area contributed by atoms with Crippen molar-refractivity contribution in [2.45, 2.75) is 38.9 Å². The minimum Gasteiger partial charge on any atom is -0.466 e. The Hall–Kier alpha value is -1.67. The van der Waals surface area contributed by atoms with Crippen LogP contribution in [-0.4, -0.2) is 59.6 Å². The molecule has 0 spiro atoms. The van der Waals surface area contributed by atoms with Crippen LogP contribution in [0.4, 0.5) is 0 Å². The molecule has 0 amide bonds. The van der Waals surface area contributed by atoms with Crippen molar-refractivity contribution >= 4 is 17.9 Å². The molecule has 0 radical (unpaired) electrons. The third kappa shape index (κ3) is 4.78. The lowest BCUT2D eigenvalue weighted by Crippen LogP contribution is -2.55. The molecule has 0 saturated carbocycles. The largest absolute Gasteiger partial charge is 0.466 e. The number of hydrogen-bond donors (Lipinski definition) is 2. The Morgan fingerprint density at radius 1 is 1.00 bits per heavy atom. The molecule has 0 aromatic carbocycles. The highest BCUT2D eigenvalue weighted by Crippen LogP contribution is 2.20. The van der Waals surface area contributed by atoms with Gasteiger partial charge in [-0.1, -0.05) is 0 Å². The maximum atomic E-state index is 11.7. The molecule has 2 atom stereocenters. The van der Waals surface area contributed by atoms with Crippen molar-refractivity contribution in [3.05, 3.63) is 0 Å². The Labute approximate surface area is 116 Å². The van der Waals surface area contributed by atoms with Crippen molar-refractivity contribution < 1.29 is 38.8 Å². The molecule has 0 aliphatic carbocycles. The average molecular weight is 292 g/mol. The summed E-state index contributed by atoms with van der Waals surface area (Å²) in [5.74, 6) is -3.48. The van der Waals surface area contributed by atoms with E-state index in [1.165, 1.54) is 20.8 Å². The second kappa shape index (κ2) is 8.49. The van der Waals surface area contributed by atoms with Gasteiger partial charge in [-0.3, -0.25) is 4.79 Å². The molecular formula is C12H20O8. The standard InChI is InChI=1S/C12H20O8/c1-4-18-8(13)7-12(17,11(16)20-6-3)9(14)10(15)19-5-2/h9,14,17H,4-7H2,1-3H3/t9-,12+/m1/s1. The highest BCUT2D eigenvalue weighted by molar-refractivity contribution is 5.92. The summed E-state index contributed by atoms with van der Waals surface area (Å²) in [5, 5.41) is 19.9. The van der Waals surface area contributed by atoms with E-state index >= 15 is 0 Å². The molecule has 0 rings (SSSR count).